The number of ether oxygens (including phenoxy) is 3. The lowest BCUT2D eigenvalue weighted by Crippen LogP contribution is -2.16. The third-order valence-electron chi connectivity index (χ3n) is 6.04. The van der Waals surface area contributed by atoms with Gasteiger partial charge in [-0.05, 0) is 63.9 Å². The third kappa shape index (κ3) is 4.54. The van der Waals surface area contributed by atoms with Gasteiger partial charge in [0.2, 0.25) is 0 Å². The van der Waals surface area contributed by atoms with E-state index in [0.29, 0.717) is 6.61 Å². The molecule has 0 bridgehead atoms. The van der Waals surface area contributed by atoms with Gasteiger partial charge >= 0.3 is 5.97 Å². The molecule has 164 valence electrons. The maximum absolute atomic E-state index is 12.7. The summed E-state index contributed by atoms with van der Waals surface area (Å²) in [7, 11) is 3.33. The second-order valence-electron chi connectivity index (χ2n) is 8.20. The molecule has 4 heteroatoms. The topological polar surface area (TPSA) is 44.8 Å². The van der Waals surface area contributed by atoms with Gasteiger partial charge in [-0.3, -0.25) is 4.79 Å². The summed E-state index contributed by atoms with van der Waals surface area (Å²) in [6.07, 6.45) is 0. The molecule has 0 aliphatic carbocycles. The number of esters is 1. The van der Waals surface area contributed by atoms with Crippen molar-refractivity contribution in [3.63, 3.8) is 0 Å². The molecule has 4 aromatic rings. The number of rotatable bonds is 7. The van der Waals surface area contributed by atoms with E-state index >= 15 is 0 Å². The molecule has 4 aromatic carbocycles. The Morgan fingerprint density at radius 3 is 1.72 bits per heavy atom. The molecule has 0 aromatic heterocycles. The van der Waals surface area contributed by atoms with Gasteiger partial charge in [0.1, 0.15) is 11.5 Å². The van der Waals surface area contributed by atoms with Crippen molar-refractivity contribution in [1.29, 1.82) is 0 Å². The van der Waals surface area contributed by atoms with E-state index in [2.05, 4.69) is 25.1 Å². The normalized spacial score (nSPS) is 13.0. The van der Waals surface area contributed by atoms with Crippen LogP contribution in [0.4, 0.5) is 0 Å². The van der Waals surface area contributed by atoms with Crippen LogP contribution in [0.5, 0.6) is 11.5 Å². The Bertz CT molecular complexity index is 1260. The van der Waals surface area contributed by atoms with Gasteiger partial charge in [-0.2, -0.15) is 0 Å². The molecule has 0 unspecified atom stereocenters. The first-order valence-electron chi connectivity index (χ1n) is 10.8. The predicted molar refractivity (Wildman–Crippen MR) is 129 cm³/mol. The highest BCUT2D eigenvalue weighted by Crippen LogP contribution is 2.28. The second kappa shape index (κ2) is 9.31. The summed E-state index contributed by atoms with van der Waals surface area (Å²) >= 11 is 0. The van der Waals surface area contributed by atoms with Gasteiger partial charge in [-0.25, -0.2) is 0 Å². The molecule has 0 aliphatic heterocycles. The van der Waals surface area contributed by atoms with Crippen LogP contribution in [-0.2, 0) is 9.53 Å². The Kier molecular flexibility index (Phi) is 6.31. The number of fused-ring (bicyclic) bond motifs is 2. The summed E-state index contributed by atoms with van der Waals surface area (Å²) in [5.74, 6) is 1.21. The van der Waals surface area contributed by atoms with Crippen molar-refractivity contribution in [1.82, 2.24) is 0 Å². The smallest absolute Gasteiger partial charge is 0.313 e. The van der Waals surface area contributed by atoms with Gasteiger partial charge in [0.25, 0.3) is 0 Å². The number of methoxy groups -OCH3 is 2. The first-order valence-corrected chi connectivity index (χ1v) is 10.8. The summed E-state index contributed by atoms with van der Waals surface area (Å²) in [6.45, 7) is 4.31. The van der Waals surface area contributed by atoms with E-state index in [4.69, 9.17) is 14.2 Å². The van der Waals surface area contributed by atoms with Crippen LogP contribution in [0.1, 0.15) is 36.8 Å². The van der Waals surface area contributed by atoms with Crippen molar-refractivity contribution in [2.45, 2.75) is 25.7 Å². The summed E-state index contributed by atoms with van der Waals surface area (Å²) in [5, 5.41) is 4.42. The van der Waals surface area contributed by atoms with E-state index in [-0.39, 0.29) is 17.8 Å². The zero-order valence-corrected chi connectivity index (χ0v) is 18.9. The summed E-state index contributed by atoms with van der Waals surface area (Å²) in [6, 6.07) is 24.3. The largest absolute Gasteiger partial charge is 0.497 e. The first kappa shape index (κ1) is 21.7. The number of benzene rings is 4. The van der Waals surface area contributed by atoms with Crippen LogP contribution >= 0.6 is 0 Å². The average molecular weight is 429 g/mol. The van der Waals surface area contributed by atoms with E-state index in [1.165, 1.54) is 0 Å². The van der Waals surface area contributed by atoms with Crippen molar-refractivity contribution >= 4 is 27.5 Å². The fourth-order valence-corrected chi connectivity index (χ4v) is 3.88. The number of hydrogen-bond donors (Lipinski definition) is 0. The van der Waals surface area contributed by atoms with Crippen LogP contribution in [0.2, 0.25) is 0 Å². The Hall–Kier alpha value is -3.53. The summed E-state index contributed by atoms with van der Waals surface area (Å²) in [5.41, 5.74) is 2.09. The Balaban J connectivity index is 1.42. The van der Waals surface area contributed by atoms with E-state index in [1.807, 2.05) is 61.5 Å². The maximum atomic E-state index is 12.7. The fourth-order valence-electron chi connectivity index (χ4n) is 3.88. The Morgan fingerprint density at radius 1 is 0.688 bits per heavy atom. The lowest BCUT2D eigenvalue weighted by atomic mass is 9.97. The maximum Gasteiger partial charge on any atom is 0.313 e. The minimum atomic E-state index is -0.335. The number of hydrogen-bond acceptors (Lipinski definition) is 4. The van der Waals surface area contributed by atoms with Crippen molar-refractivity contribution in [3.8, 4) is 11.5 Å². The molecule has 4 rings (SSSR count). The molecule has 0 aliphatic rings. The zero-order chi connectivity index (χ0) is 22.7. The van der Waals surface area contributed by atoms with E-state index < -0.39 is 0 Å². The van der Waals surface area contributed by atoms with Gasteiger partial charge in [-0.1, -0.05) is 55.5 Å². The summed E-state index contributed by atoms with van der Waals surface area (Å²) in [4.78, 5) is 12.7. The van der Waals surface area contributed by atoms with Crippen molar-refractivity contribution in [2.24, 2.45) is 0 Å². The molecule has 0 N–H and O–H groups in total. The molecule has 0 spiro atoms. The van der Waals surface area contributed by atoms with Crippen LogP contribution in [0.3, 0.4) is 0 Å². The molecule has 0 heterocycles. The molecule has 0 saturated carbocycles. The molecule has 0 fully saturated rings. The number of carbonyl (C=O) groups excluding carboxylic acids is 1. The lowest BCUT2D eigenvalue weighted by molar-refractivity contribution is -0.145. The SMILES string of the molecule is COc1ccc2cc([C@H](C)COC(=O)[C@@H](C)c3ccc4cc(OC)ccc4c3)ccc2c1. The molecule has 0 amide bonds. The van der Waals surface area contributed by atoms with Crippen LogP contribution in [0, 0.1) is 0 Å². The van der Waals surface area contributed by atoms with Crippen LogP contribution in [-0.4, -0.2) is 26.8 Å². The highest BCUT2D eigenvalue weighted by Gasteiger charge is 2.19. The average Bonchev–Trinajstić information content (AvgIpc) is 2.85. The summed E-state index contributed by atoms with van der Waals surface area (Å²) < 4.78 is 16.3. The van der Waals surface area contributed by atoms with E-state index in [9.17, 15) is 4.79 Å². The molecular weight excluding hydrogens is 400 g/mol. The van der Waals surface area contributed by atoms with Gasteiger partial charge in [0.05, 0.1) is 26.7 Å². The van der Waals surface area contributed by atoms with Gasteiger partial charge in [0.15, 0.2) is 0 Å². The number of carbonyl (C=O) groups is 1. The van der Waals surface area contributed by atoms with Crippen LogP contribution in [0.15, 0.2) is 72.8 Å². The second-order valence-corrected chi connectivity index (χ2v) is 8.20. The molecule has 4 nitrogen and oxygen atoms in total. The zero-order valence-electron chi connectivity index (χ0n) is 18.9. The lowest BCUT2D eigenvalue weighted by Gasteiger charge is -2.17. The van der Waals surface area contributed by atoms with Crippen molar-refractivity contribution < 1.29 is 19.0 Å². The fraction of sp³-hybridized carbons (Fsp3) is 0.250. The van der Waals surface area contributed by atoms with Crippen LogP contribution < -0.4 is 9.47 Å². The standard InChI is InChI=1S/C28H28O4/c1-18(20-5-7-24-15-26(30-3)11-9-22(24)13-20)17-32-28(29)19(2)21-6-8-25-16-27(31-4)12-10-23(25)14-21/h5-16,18-19H,17H2,1-4H3/t18-,19+/m1/s1. The van der Waals surface area contributed by atoms with Crippen LogP contribution in [0.25, 0.3) is 21.5 Å². The Morgan fingerprint density at radius 2 is 1.16 bits per heavy atom. The monoisotopic (exact) mass is 428 g/mol. The highest BCUT2D eigenvalue weighted by molar-refractivity contribution is 5.87. The van der Waals surface area contributed by atoms with Gasteiger partial charge in [0, 0.05) is 5.92 Å². The quantitative estimate of drug-likeness (QED) is 0.317. The molecule has 0 radical (unpaired) electrons. The minimum absolute atomic E-state index is 0.0988. The van der Waals surface area contributed by atoms with Gasteiger partial charge < -0.3 is 14.2 Å². The molecular formula is C28H28O4. The highest BCUT2D eigenvalue weighted by atomic mass is 16.5. The van der Waals surface area contributed by atoms with E-state index in [1.54, 1.807) is 14.2 Å². The van der Waals surface area contributed by atoms with Crippen molar-refractivity contribution in [2.75, 3.05) is 20.8 Å². The molecule has 2 atom stereocenters. The van der Waals surface area contributed by atoms with E-state index in [0.717, 1.165) is 44.2 Å². The third-order valence-corrected chi connectivity index (χ3v) is 6.04. The Labute approximate surface area is 188 Å². The van der Waals surface area contributed by atoms with Crippen molar-refractivity contribution in [3.05, 3.63) is 83.9 Å². The minimum Gasteiger partial charge on any atom is -0.497 e. The molecule has 32 heavy (non-hydrogen) atoms. The first-order chi connectivity index (χ1) is 15.5. The molecule has 0 saturated heterocycles. The predicted octanol–water partition coefficient (Wildman–Crippen LogP) is 6.46. The van der Waals surface area contributed by atoms with Gasteiger partial charge in [-0.15, -0.1) is 0 Å².